The molecule has 0 aliphatic heterocycles. The minimum absolute atomic E-state index is 0.247. The fraction of sp³-hybridized carbons (Fsp3) is 0.214. The summed E-state index contributed by atoms with van der Waals surface area (Å²) in [5.74, 6) is 0.951. The van der Waals surface area contributed by atoms with Crippen molar-refractivity contribution in [3.8, 4) is 0 Å². The lowest BCUT2D eigenvalue weighted by Crippen LogP contribution is -2.17. The van der Waals surface area contributed by atoms with Gasteiger partial charge in [0.25, 0.3) is 0 Å². The first-order chi connectivity index (χ1) is 8.83. The van der Waals surface area contributed by atoms with Gasteiger partial charge >= 0.3 is 0 Å². The van der Waals surface area contributed by atoms with Crippen molar-refractivity contribution in [1.29, 1.82) is 0 Å². The van der Waals surface area contributed by atoms with Crippen molar-refractivity contribution in [1.82, 2.24) is 15.5 Å². The molecule has 92 valence electrons. The first-order valence-corrected chi connectivity index (χ1v) is 6.02. The van der Waals surface area contributed by atoms with Crippen LogP contribution in [0.1, 0.15) is 24.3 Å². The number of hydrogen-bond acceptors (Lipinski definition) is 3. The number of furan rings is 1. The van der Waals surface area contributed by atoms with Crippen LogP contribution in [0.2, 0.25) is 0 Å². The van der Waals surface area contributed by atoms with Gasteiger partial charge in [0.05, 0.1) is 12.7 Å². The van der Waals surface area contributed by atoms with E-state index in [9.17, 15) is 0 Å². The summed E-state index contributed by atoms with van der Waals surface area (Å²) in [4.78, 5) is 0. The lowest BCUT2D eigenvalue weighted by Gasteiger charge is -2.09. The zero-order chi connectivity index (χ0) is 12.4. The van der Waals surface area contributed by atoms with E-state index >= 15 is 0 Å². The van der Waals surface area contributed by atoms with Gasteiger partial charge in [-0.05, 0) is 19.1 Å². The number of aromatic nitrogens is 2. The van der Waals surface area contributed by atoms with Gasteiger partial charge in [-0.15, -0.1) is 0 Å². The van der Waals surface area contributed by atoms with Crippen molar-refractivity contribution < 1.29 is 4.42 Å². The Bertz CT molecular complexity index is 594. The Morgan fingerprint density at radius 2 is 2.28 bits per heavy atom. The van der Waals surface area contributed by atoms with Crippen molar-refractivity contribution in [3.63, 3.8) is 0 Å². The largest absolute Gasteiger partial charge is 0.460 e. The molecule has 1 unspecified atom stereocenters. The zero-order valence-corrected chi connectivity index (χ0v) is 10.2. The van der Waals surface area contributed by atoms with Gasteiger partial charge in [-0.25, -0.2) is 0 Å². The van der Waals surface area contributed by atoms with Crippen molar-refractivity contribution in [2.75, 3.05) is 0 Å². The number of para-hydroxylation sites is 1. The molecule has 2 heterocycles. The number of aromatic amines is 1. The van der Waals surface area contributed by atoms with Crippen molar-refractivity contribution >= 4 is 11.0 Å². The third kappa shape index (κ3) is 2.15. The van der Waals surface area contributed by atoms with E-state index in [0.29, 0.717) is 6.54 Å². The Balaban J connectivity index is 1.69. The van der Waals surface area contributed by atoms with Gasteiger partial charge in [-0.1, -0.05) is 18.2 Å². The molecule has 3 rings (SSSR count). The van der Waals surface area contributed by atoms with E-state index in [-0.39, 0.29) is 6.04 Å². The molecule has 2 N–H and O–H groups in total. The molecule has 0 aliphatic rings. The number of fused-ring (bicyclic) bond motifs is 1. The van der Waals surface area contributed by atoms with Gasteiger partial charge < -0.3 is 9.73 Å². The maximum atomic E-state index is 5.75. The van der Waals surface area contributed by atoms with E-state index in [1.165, 1.54) is 0 Å². The van der Waals surface area contributed by atoms with Gasteiger partial charge in [-0.3, -0.25) is 5.10 Å². The maximum Gasteiger partial charge on any atom is 0.134 e. The minimum Gasteiger partial charge on any atom is -0.460 e. The fourth-order valence-electron chi connectivity index (χ4n) is 1.99. The van der Waals surface area contributed by atoms with Crippen LogP contribution < -0.4 is 5.32 Å². The van der Waals surface area contributed by atoms with Crippen molar-refractivity contribution in [2.45, 2.75) is 19.5 Å². The molecule has 1 aromatic carbocycles. The molecule has 0 saturated heterocycles. The second-order valence-electron chi connectivity index (χ2n) is 4.38. The average molecular weight is 241 g/mol. The summed E-state index contributed by atoms with van der Waals surface area (Å²) < 4.78 is 5.75. The number of H-pyrrole nitrogens is 1. The monoisotopic (exact) mass is 241 g/mol. The molecule has 0 saturated carbocycles. The third-order valence-corrected chi connectivity index (χ3v) is 3.08. The molecule has 1 atom stereocenters. The fourth-order valence-corrected chi connectivity index (χ4v) is 1.99. The summed E-state index contributed by atoms with van der Waals surface area (Å²) in [5, 5.41) is 11.3. The van der Waals surface area contributed by atoms with Crippen LogP contribution >= 0.6 is 0 Å². The standard InChI is InChI=1S/C14H15N3O/c1-10(12-7-16-17-8-12)15-9-13-6-11-4-2-3-5-14(11)18-13/h2-8,10,15H,9H2,1H3,(H,16,17). The number of hydrogen-bond donors (Lipinski definition) is 2. The third-order valence-electron chi connectivity index (χ3n) is 3.08. The molecule has 0 fully saturated rings. The summed E-state index contributed by atoms with van der Waals surface area (Å²) in [7, 11) is 0. The van der Waals surface area contributed by atoms with E-state index in [1.54, 1.807) is 0 Å². The number of rotatable bonds is 4. The highest BCUT2D eigenvalue weighted by molar-refractivity contribution is 5.77. The van der Waals surface area contributed by atoms with Crippen molar-refractivity contribution in [2.24, 2.45) is 0 Å². The number of nitrogens with zero attached hydrogens (tertiary/aromatic N) is 1. The molecule has 0 spiro atoms. The number of benzene rings is 1. The second kappa shape index (κ2) is 4.66. The maximum absolute atomic E-state index is 5.75. The molecule has 4 heteroatoms. The van der Waals surface area contributed by atoms with Crippen LogP contribution in [-0.4, -0.2) is 10.2 Å². The Morgan fingerprint density at radius 1 is 1.39 bits per heavy atom. The normalized spacial score (nSPS) is 12.9. The number of nitrogens with one attached hydrogen (secondary N) is 2. The van der Waals surface area contributed by atoms with E-state index in [2.05, 4.69) is 34.6 Å². The first-order valence-electron chi connectivity index (χ1n) is 6.02. The highest BCUT2D eigenvalue weighted by atomic mass is 16.3. The molecule has 0 amide bonds. The van der Waals surface area contributed by atoms with Crippen molar-refractivity contribution in [3.05, 3.63) is 54.0 Å². The predicted molar refractivity (Wildman–Crippen MR) is 70.1 cm³/mol. The van der Waals surface area contributed by atoms with Gasteiger partial charge in [-0.2, -0.15) is 5.10 Å². The second-order valence-corrected chi connectivity index (χ2v) is 4.38. The van der Waals surface area contributed by atoms with Gasteiger partial charge in [0.15, 0.2) is 0 Å². The van der Waals surface area contributed by atoms with E-state index in [0.717, 1.165) is 22.3 Å². The average Bonchev–Trinajstić information content (AvgIpc) is 3.04. The van der Waals surface area contributed by atoms with E-state index in [4.69, 9.17) is 4.42 Å². The van der Waals surface area contributed by atoms with Gasteiger partial charge in [0.1, 0.15) is 11.3 Å². The Labute approximate surface area is 105 Å². The predicted octanol–water partition coefficient (Wildman–Crippen LogP) is 3.01. The van der Waals surface area contributed by atoms with Crippen LogP contribution in [0.3, 0.4) is 0 Å². The molecule has 4 nitrogen and oxygen atoms in total. The van der Waals surface area contributed by atoms with Crippen LogP contribution in [0, 0.1) is 0 Å². The lowest BCUT2D eigenvalue weighted by molar-refractivity contribution is 0.482. The Kier molecular flexibility index (Phi) is 2.86. The molecule has 0 aliphatic carbocycles. The zero-order valence-electron chi connectivity index (χ0n) is 10.2. The molecular formula is C14H15N3O. The van der Waals surface area contributed by atoms with Crippen LogP contribution in [-0.2, 0) is 6.54 Å². The Hall–Kier alpha value is -2.07. The highest BCUT2D eigenvalue weighted by Crippen LogP contribution is 2.19. The first kappa shape index (κ1) is 11.0. The summed E-state index contributed by atoms with van der Waals surface area (Å²) in [5.41, 5.74) is 2.08. The van der Waals surface area contributed by atoms with Gasteiger partial charge in [0, 0.05) is 23.2 Å². The topological polar surface area (TPSA) is 53.9 Å². The van der Waals surface area contributed by atoms with E-state index in [1.807, 2.05) is 30.6 Å². The SMILES string of the molecule is CC(NCc1cc2ccccc2o1)c1cn[nH]c1. The summed E-state index contributed by atoms with van der Waals surface area (Å²) in [6.45, 7) is 2.81. The lowest BCUT2D eigenvalue weighted by atomic mass is 10.2. The van der Waals surface area contributed by atoms with Crippen LogP contribution in [0.5, 0.6) is 0 Å². The van der Waals surface area contributed by atoms with Crippen LogP contribution in [0.25, 0.3) is 11.0 Å². The molecule has 3 aromatic rings. The minimum atomic E-state index is 0.247. The summed E-state index contributed by atoms with van der Waals surface area (Å²) in [6.07, 6.45) is 3.73. The van der Waals surface area contributed by atoms with Crippen LogP contribution in [0.15, 0.2) is 47.1 Å². The van der Waals surface area contributed by atoms with Gasteiger partial charge in [0.2, 0.25) is 0 Å². The molecule has 2 aromatic heterocycles. The molecular weight excluding hydrogens is 226 g/mol. The quantitative estimate of drug-likeness (QED) is 0.738. The summed E-state index contributed by atoms with van der Waals surface area (Å²) in [6, 6.07) is 10.4. The Morgan fingerprint density at radius 3 is 3.06 bits per heavy atom. The van der Waals surface area contributed by atoms with Crippen LogP contribution in [0.4, 0.5) is 0 Å². The smallest absolute Gasteiger partial charge is 0.134 e. The summed E-state index contributed by atoms with van der Waals surface area (Å²) >= 11 is 0. The molecule has 18 heavy (non-hydrogen) atoms. The molecule has 0 bridgehead atoms. The molecule has 0 radical (unpaired) electrons. The van der Waals surface area contributed by atoms with E-state index < -0.39 is 0 Å². The highest BCUT2D eigenvalue weighted by Gasteiger charge is 2.08.